The third kappa shape index (κ3) is 15.0. The third-order valence-corrected chi connectivity index (χ3v) is 8.36. The average molecular weight is 666 g/mol. The fraction of sp³-hybridized carbons (Fsp3) is 0.500. The van der Waals surface area contributed by atoms with Gasteiger partial charge in [-0.2, -0.15) is 0 Å². The van der Waals surface area contributed by atoms with Crippen LogP contribution in [0.1, 0.15) is 96.0 Å². The van der Waals surface area contributed by atoms with Gasteiger partial charge >= 0.3 is 17.9 Å². The van der Waals surface area contributed by atoms with E-state index >= 15 is 0 Å². The van der Waals surface area contributed by atoms with E-state index in [4.69, 9.17) is 4.74 Å². The predicted molar refractivity (Wildman–Crippen MR) is 184 cm³/mol. The number of nitrogens with one attached hydrogen (secondary N) is 1. The zero-order chi connectivity index (χ0) is 35.3. The smallest absolute Gasteiger partial charge is 0.326 e. The third-order valence-electron chi connectivity index (χ3n) is 8.36. The summed E-state index contributed by atoms with van der Waals surface area (Å²) in [6.07, 6.45) is 12.8. The van der Waals surface area contributed by atoms with Crippen LogP contribution in [0.3, 0.4) is 0 Å². The molecular formula is C38H51NO9. The summed E-state index contributed by atoms with van der Waals surface area (Å²) in [6.45, 7) is 2.16. The topological polar surface area (TPSA) is 167 Å². The Morgan fingerprint density at radius 3 is 1.83 bits per heavy atom. The highest BCUT2D eigenvalue weighted by atomic mass is 16.5. The van der Waals surface area contributed by atoms with E-state index in [1.807, 2.05) is 36.4 Å². The van der Waals surface area contributed by atoms with Gasteiger partial charge in [-0.15, -0.1) is 0 Å². The quantitative estimate of drug-likeness (QED) is 0.0639. The number of amides is 1. The number of carbonyl (C=O) groups excluding carboxylic acids is 2. The maximum Gasteiger partial charge on any atom is 0.326 e. The second-order valence-electron chi connectivity index (χ2n) is 12.2. The lowest BCUT2D eigenvalue weighted by atomic mass is 9.87. The highest BCUT2D eigenvalue weighted by Gasteiger charge is 2.35. The molecule has 4 N–H and O–H groups in total. The SMILES string of the molecule is CCCCCCCC(=O)CCCCCC/C=C/[C@H](C(=O)N[C@@H](Cc1ccc(-c2ccc(OC)cc2)cc1)C(=O)O)[C@@H](CC(=O)O)C(=O)O. The van der Waals surface area contributed by atoms with Crippen LogP contribution >= 0.6 is 0 Å². The molecule has 0 fully saturated rings. The van der Waals surface area contributed by atoms with Crippen LogP contribution in [0, 0.1) is 11.8 Å². The van der Waals surface area contributed by atoms with Gasteiger partial charge in [-0.05, 0) is 54.5 Å². The number of hydrogen-bond donors (Lipinski definition) is 4. The first-order valence-corrected chi connectivity index (χ1v) is 16.9. The number of hydrogen-bond acceptors (Lipinski definition) is 6. The summed E-state index contributed by atoms with van der Waals surface area (Å²) in [5.41, 5.74) is 2.49. The van der Waals surface area contributed by atoms with Gasteiger partial charge in [-0.3, -0.25) is 19.2 Å². The second-order valence-corrected chi connectivity index (χ2v) is 12.2. The molecule has 0 saturated carbocycles. The Labute approximate surface area is 283 Å². The predicted octanol–water partition coefficient (Wildman–Crippen LogP) is 7.09. The Morgan fingerprint density at radius 1 is 0.750 bits per heavy atom. The van der Waals surface area contributed by atoms with Crippen LogP contribution in [0.25, 0.3) is 11.1 Å². The van der Waals surface area contributed by atoms with Crippen molar-refractivity contribution in [1.82, 2.24) is 5.32 Å². The van der Waals surface area contributed by atoms with Gasteiger partial charge in [0, 0.05) is 19.3 Å². The van der Waals surface area contributed by atoms with Crippen molar-refractivity contribution in [2.75, 3.05) is 7.11 Å². The number of methoxy groups -OCH3 is 1. The molecule has 0 saturated heterocycles. The zero-order valence-corrected chi connectivity index (χ0v) is 28.2. The molecule has 48 heavy (non-hydrogen) atoms. The average Bonchev–Trinajstić information content (AvgIpc) is 3.06. The first-order valence-electron chi connectivity index (χ1n) is 16.9. The highest BCUT2D eigenvalue weighted by Crippen LogP contribution is 2.24. The van der Waals surface area contributed by atoms with Gasteiger partial charge in [-0.25, -0.2) is 4.79 Å². The lowest BCUT2D eigenvalue weighted by Gasteiger charge is -2.22. The second kappa shape index (κ2) is 22.2. The number of carbonyl (C=O) groups is 5. The number of carboxylic acids is 3. The largest absolute Gasteiger partial charge is 0.497 e. The molecule has 10 nitrogen and oxygen atoms in total. The van der Waals surface area contributed by atoms with Crippen molar-refractivity contribution in [2.45, 2.75) is 103 Å². The highest BCUT2D eigenvalue weighted by molar-refractivity contribution is 5.91. The van der Waals surface area contributed by atoms with Crippen molar-refractivity contribution in [3.8, 4) is 16.9 Å². The molecular weight excluding hydrogens is 614 g/mol. The Bertz CT molecular complexity index is 1330. The molecule has 0 spiro atoms. The molecule has 1 amide bonds. The fourth-order valence-electron chi connectivity index (χ4n) is 5.51. The Morgan fingerprint density at radius 2 is 1.31 bits per heavy atom. The van der Waals surface area contributed by atoms with Crippen molar-refractivity contribution in [2.24, 2.45) is 11.8 Å². The van der Waals surface area contributed by atoms with Crippen LogP contribution in [-0.2, 0) is 30.4 Å². The number of unbranched alkanes of at least 4 members (excludes halogenated alkanes) is 8. The Kier molecular flexibility index (Phi) is 18.3. The zero-order valence-electron chi connectivity index (χ0n) is 28.2. The van der Waals surface area contributed by atoms with Gasteiger partial charge < -0.3 is 25.4 Å². The molecule has 2 aromatic carbocycles. The molecule has 0 aliphatic carbocycles. The van der Waals surface area contributed by atoms with Crippen LogP contribution in [0.5, 0.6) is 5.75 Å². The molecule has 0 aliphatic heterocycles. The van der Waals surface area contributed by atoms with E-state index in [1.165, 1.54) is 25.3 Å². The summed E-state index contributed by atoms with van der Waals surface area (Å²) in [5.74, 6) is -6.95. The van der Waals surface area contributed by atoms with E-state index in [0.29, 0.717) is 30.6 Å². The van der Waals surface area contributed by atoms with E-state index in [-0.39, 0.29) is 6.42 Å². The van der Waals surface area contributed by atoms with E-state index in [9.17, 15) is 39.3 Å². The summed E-state index contributed by atoms with van der Waals surface area (Å²) in [4.78, 5) is 61.0. The minimum absolute atomic E-state index is 0.0571. The van der Waals surface area contributed by atoms with Gasteiger partial charge in [0.1, 0.15) is 17.6 Å². The molecule has 2 rings (SSSR count). The van der Waals surface area contributed by atoms with Crippen LogP contribution in [0.2, 0.25) is 0 Å². The summed E-state index contributed by atoms with van der Waals surface area (Å²) < 4.78 is 5.19. The molecule has 2 aromatic rings. The van der Waals surface area contributed by atoms with Crippen LogP contribution in [0.15, 0.2) is 60.7 Å². The van der Waals surface area contributed by atoms with Crippen molar-refractivity contribution in [3.05, 3.63) is 66.2 Å². The standard InChI is InChI=1S/C38H51NO9/c1-3-4-5-8-11-14-30(40)15-12-9-6-7-10-13-16-32(33(37(44)45)26-35(41)42)36(43)39-34(38(46)47)25-27-17-19-28(20-18-27)29-21-23-31(48-2)24-22-29/h13,16-24,32-34H,3-12,14-15,25-26H2,1-2H3,(H,39,43)(H,41,42)(H,44,45)(H,46,47)/b16-13+/t32-,33+,34-/m0/s1. The van der Waals surface area contributed by atoms with Gasteiger partial charge in [0.2, 0.25) is 5.91 Å². The van der Waals surface area contributed by atoms with Crippen molar-refractivity contribution >= 4 is 29.6 Å². The summed E-state index contributed by atoms with van der Waals surface area (Å²) in [5, 5.41) is 31.4. The molecule has 0 aromatic heterocycles. The number of benzene rings is 2. The molecule has 0 heterocycles. The number of ether oxygens (including phenoxy) is 1. The molecule has 10 heteroatoms. The van der Waals surface area contributed by atoms with Crippen LogP contribution < -0.4 is 10.1 Å². The maximum atomic E-state index is 13.3. The number of Topliss-reactive ketones (excluding diaryl/α,β-unsaturated/α-hetero) is 1. The summed E-state index contributed by atoms with van der Waals surface area (Å²) in [6, 6.07) is 13.3. The lowest BCUT2D eigenvalue weighted by Crippen LogP contribution is -2.47. The van der Waals surface area contributed by atoms with E-state index in [1.54, 1.807) is 25.3 Å². The summed E-state index contributed by atoms with van der Waals surface area (Å²) in [7, 11) is 1.58. The fourth-order valence-corrected chi connectivity index (χ4v) is 5.51. The molecule has 262 valence electrons. The normalized spacial score (nSPS) is 13.0. The monoisotopic (exact) mass is 665 g/mol. The van der Waals surface area contributed by atoms with Crippen molar-refractivity contribution in [1.29, 1.82) is 0 Å². The molecule has 0 radical (unpaired) electrons. The number of allylic oxidation sites excluding steroid dienone is 1. The lowest BCUT2D eigenvalue weighted by molar-refractivity contribution is -0.152. The Balaban J connectivity index is 1.97. The van der Waals surface area contributed by atoms with Gasteiger partial charge in [-0.1, -0.05) is 94.0 Å². The maximum absolute atomic E-state index is 13.3. The van der Waals surface area contributed by atoms with Crippen molar-refractivity contribution < 1.29 is 44.0 Å². The molecule has 0 unspecified atom stereocenters. The van der Waals surface area contributed by atoms with Gasteiger partial charge in [0.15, 0.2) is 0 Å². The first kappa shape index (κ1) is 39.7. The summed E-state index contributed by atoms with van der Waals surface area (Å²) >= 11 is 0. The van der Waals surface area contributed by atoms with E-state index in [2.05, 4.69) is 12.2 Å². The number of carboxylic acid groups (broad SMARTS) is 3. The first-order chi connectivity index (χ1) is 23.0. The Hall–Kier alpha value is -4.47. The number of rotatable bonds is 25. The minimum atomic E-state index is -1.58. The van der Waals surface area contributed by atoms with Gasteiger partial charge in [0.05, 0.1) is 25.4 Å². The van der Waals surface area contributed by atoms with Gasteiger partial charge in [0.25, 0.3) is 0 Å². The molecule has 0 aliphatic rings. The number of ketones is 1. The van der Waals surface area contributed by atoms with Crippen LogP contribution in [-0.4, -0.2) is 58.1 Å². The van der Waals surface area contributed by atoms with E-state index < -0.39 is 48.1 Å². The van der Waals surface area contributed by atoms with E-state index in [0.717, 1.165) is 55.4 Å². The van der Waals surface area contributed by atoms with Crippen molar-refractivity contribution in [3.63, 3.8) is 0 Å². The number of aliphatic carboxylic acids is 3. The minimum Gasteiger partial charge on any atom is -0.497 e. The molecule has 0 bridgehead atoms. The van der Waals surface area contributed by atoms with Crippen LogP contribution in [0.4, 0.5) is 0 Å². The molecule has 3 atom stereocenters.